The van der Waals surface area contributed by atoms with Crippen molar-refractivity contribution in [3.63, 3.8) is 0 Å². The van der Waals surface area contributed by atoms with Gasteiger partial charge in [0.05, 0.1) is 6.42 Å². The lowest BCUT2D eigenvalue weighted by atomic mass is 10.1. The number of amides is 1. The van der Waals surface area contributed by atoms with Gasteiger partial charge in [-0.3, -0.25) is 4.79 Å². The fourth-order valence-electron chi connectivity index (χ4n) is 1.50. The Labute approximate surface area is 116 Å². The van der Waals surface area contributed by atoms with Gasteiger partial charge in [0.2, 0.25) is 5.91 Å². The lowest BCUT2D eigenvalue weighted by Gasteiger charge is -2.05. The number of rotatable bonds is 3. The first kappa shape index (κ1) is 13.6. The molecule has 2 aromatic rings. The first-order valence-corrected chi connectivity index (χ1v) is 6.19. The third kappa shape index (κ3) is 3.82. The van der Waals surface area contributed by atoms with Crippen LogP contribution in [0, 0.1) is 11.6 Å². The molecule has 0 aliphatic rings. The van der Waals surface area contributed by atoms with Crippen molar-refractivity contribution in [3.05, 3.63) is 58.2 Å². The molecule has 19 heavy (non-hydrogen) atoms. The van der Waals surface area contributed by atoms with Crippen LogP contribution < -0.4 is 5.32 Å². The van der Waals surface area contributed by atoms with E-state index in [2.05, 4.69) is 26.2 Å². The second-order valence-corrected chi connectivity index (χ2v) is 4.75. The van der Waals surface area contributed by atoms with Gasteiger partial charge in [-0.05, 0) is 29.8 Å². The molecule has 0 atom stereocenters. The molecule has 3 nitrogen and oxygen atoms in total. The zero-order valence-corrected chi connectivity index (χ0v) is 11.2. The molecule has 1 N–H and O–H groups in total. The lowest BCUT2D eigenvalue weighted by molar-refractivity contribution is -0.115. The van der Waals surface area contributed by atoms with E-state index in [9.17, 15) is 13.6 Å². The van der Waals surface area contributed by atoms with Crippen molar-refractivity contribution in [1.29, 1.82) is 0 Å². The standard InChI is InChI=1S/C13H9BrF2N2O/c14-9-3-4-17-12(7-9)18-13(19)6-8-1-2-10(15)11(16)5-8/h1-5,7H,6H2,(H,17,18,19). The maximum atomic E-state index is 13.0. The van der Waals surface area contributed by atoms with Gasteiger partial charge in [-0.25, -0.2) is 13.8 Å². The lowest BCUT2D eigenvalue weighted by Crippen LogP contribution is -2.15. The SMILES string of the molecule is O=C(Cc1ccc(F)c(F)c1)Nc1cc(Br)ccn1. The number of carbonyl (C=O) groups is 1. The largest absolute Gasteiger partial charge is 0.310 e. The Morgan fingerprint density at radius 2 is 2.00 bits per heavy atom. The van der Waals surface area contributed by atoms with Gasteiger partial charge in [-0.15, -0.1) is 0 Å². The maximum Gasteiger partial charge on any atom is 0.229 e. The number of halogens is 3. The van der Waals surface area contributed by atoms with E-state index in [0.29, 0.717) is 11.4 Å². The van der Waals surface area contributed by atoms with E-state index in [-0.39, 0.29) is 12.3 Å². The molecule has 0 saturated heterocycles. The Hall–Kier alpha value is -1.82. The minimum Gasteiger partial charge on any atom is -0.310 e. The van der Waals surface area contributed by atoms with Crippen molar-refractivity contribution >= 4 is 27.7 Å². The molecule has 0 radical (unpaired) electrons. The summed E-state index contributed by atoms with van der Waals surface area (Å²) in [5, 5.41) is 2.57. The highest BCUT2D eigenvalue weighted by Crippen LogP contribution is 2.14. The number of hydrogen-bond donors (Lipinski definition) is 1. The zero-order chi connectivity index (χ0) is 13.8. The third-order valence-electron chi connectivity index (χ3n) is 2.34. The van der Waals surface area contributed by atoms with E-state index < -0.39 is 11.6 Å². The fraction of sp³-hybridized carbons (Fsp3) is 0.0769. The van der Waals surface area contributed by atoms with Gasteiger partial charge < -0.3 is 5.32 Å². The summed E-state index contributed by atoms with van der Waals surface area (Å²) in [6, 6.07) is 6.74. The number of hydrogen-bond acceptors (Lipinski definition) is 2. The zero-order valence-electron chi connectivity index (χ0n) is 9.66. The monoisotopic (exact) mass is 326 g/mol. The van der Waals surface area contributed by atoms with E-state index in [1.165, 1.54) is 12.3 Å². The summed E-state index contributed by atoms with van der Waals surface area (Å²) < 4.78 is 26.5. The Morgan fingerprint density at radius 1 is 1.21 bits per heavy atom. The van der Waals surface area contributed by atoms with Crippen LogP contribution in [0.4, 0.5) is 14.6 Å². The van der Waals surface area contributed by atoms with E-state index in [4.69, 9.17) is 0 Å². The number of nitrogens with zero attached hydrogens (tertiary/aromatic N) is 1. The van der Waals surface area contributed by atoms with Crippen LogP contribution >= 0.6 is 15.9 Å². The molecule has 0 fully saturated rings. The topological polar surface area (TPSA) is 42.0 Å². The maximum absolute atomic E-state index is 13.0. The molecular formula is C13H9BrF2N2O. The minimum absolute atomic E-state index is 0.0502. The van der Waals surface area contributed by atoms with Crippen LogP contribution in [-0.2, 0) is 11.2 Å². The Morgan fingerprint density at radius 3 is 2.68 bits per heavy atom. The molecule has 1 aromatic heterocycles. The van der Waals surface area contributed by atoms with Crippen molar-refractivity contribution in [2.45, 2.75) is 6.42 Å². The molecule has 0 aliphatic carbocycles. The highest BCUT2D eigenvalue weighted by Gasteiger charge is 2.08. The Kier molecular flexibility index (Phi) is 4.21. The van der Waals surface area contributed by atoms with Gasteiger partial charge >= 0.3 is 0 Å². The number of carbonyl (C=O) groups excluding carboxylic acids is 1. The minimum atomic E-state index is -0.967. The normalized spacial score (nSPS) is 10.3. The molecule has 98 valence electrons. The third-order valence-corrected chi connectivity index (χ3v) is 2.83. The molecule has 2 rings (SSSR count). The average Bonchev–Trinajstić information content (AvgIpc) is 2.34. The van der Waals surface area contributed by atoms with Crippen LogP contribution in [0.2, 0.25) is 0 Å². The molecule has 1 aromatic carbocycles. The van der Waals surface area contributed by atoms with E-state index in [0.717, 1.165) is 16.6 Å². The van der Waals surface area contributed by atoms with Crippen LogP contribution in [-0.4, -0.2) is 10.9 Å². The van der Waals surface area contributed by atoms with Gasteiger partial charge in [0.25, 0.3) is 0 Å². The first-order chi connectivity index (χ1) is 9.04. The predicted molar refractivity (Wildman–Crippen MR) is 70.6 cm³/mol. The molecule has 6 heteroatoms. The van der Waals surface area contributed by atoms with Crippen LogP contribution in [0.15, 0.2) is 41.0 Å². The van der Waals surface area contributed by atoms with Crippen molar-refractivity contribution in [3.8, 4) is 0 Å². The molecule has 0 unspecified atom stereocenters. The van der Waals surface area contributed by atoms with Gasteiger partial charge in [0.15, 0.2) is 11.6 Å². The summed E-state index contributed by atoms with van der Waals surface area (Å²) in [5.74, 6) is -1.86. The Balaban J connectivity index is 2.03. The van der Waals surface area contributed by atoms with Crippen molar-refractivity contribution < 1.29 is 13.6 Å². The van der Waals surface area contributed by atoms with Crippen LogP contribution in [0.3, 0.4) is 0 Å². The summed E-state index contributed by atoms with van der Waals surface area (Å²) in [5.41, 5.74) is 0.395. The first-order valence-electron chi connectivity index (χ1n) is 5.40. The number of nitrogens with one attached hydrogen (secondary N) is 1. The van der Waals surface area contributed by atoms with Crippen LogP contribution in [0.1, 0.15) is 5.56 Å². The van der Waals surface area contributed by atoms with Crippen LogP contribution in [0.5, 0.6) is 0 Å². The van der Waals surface area contributed by atoms with Gasteiger partial charge in [0, 0.05) is 10.7 Å². The van der Waals surface area contributed by atoms with E-state index in [1.807, 2.05) is 0 Å². The smallest absolute Gasteiger partial charge is 0.229 e. The summed E-state index contributed by atoms with van der Waals surface area (Å²) in [6.07, 6.45) is 1.49. The average molecular weight is 327 g/mol. The molecule has 0 aliphatic heterocycles. The van der Waals surface area contributed by atoms with E-state index in [1.54, 1.807) is 12.1 Å². The summed E-state index contributed by atoms with van der Waals surface area (Å²) in [6.45, 7) is 0. The highest BCUT2D eigenvalue weighted by molar-refractivity contribution is 9.10. The van der Waals surface area contributed by atoms with Crippen molar-refractivity contribution in [2.75, 3.05) is 5.32 Å². The second-order valence-electron chi connectivity index (χ2n) is 3.83. The molecule has 1 heterocycles. The summed E-state index contributed by atoms with van der Waals surface area (Å²) >= 11 is 3.25. The molecule has 0 saturated carbocycles. The summed E-state index contributed by atoms with van der Waals surface area (Å²) in [7, 11) is 0. The van der Waals surface area contributed by atoms with Crippen LogP contribution in [0.25, 0.3) is 0 Å². The molecule has 0 spiro atoms. The second kappa shape index (κ2) is 5.88. The van der Waals surface area contributed by atoms with Crippen molar-refractivity contribution in [1.82, 2.24) is 4.98 Å². The number of benzene rings is 1. The molecule has 1 amide bonds. The van der Waals surface area contributed by atoms with Crippen molar-refractivity contribution in [2.24, 2.45) is 0 Å². The predicted octanol–water partition coefficient (Wildman–Crippen LogP) is 3.30. The van der Waals surface area contributed by atoms with Gasteiger partial charge in [-0.2, -0.15) is 0 Å². The van der Waals surface area contributed by atoms with Gasteiger partial charge in [0.1, 0.15) is 5.82 Å². The fourth-order valence-corrected chi connectivity index (χ4v) is 1.83. The number of anilines is 1. The molecule has 0 bridgehead atoms. The number of aromatic nitrogens is 1. The summed E-state index contributed by atoms with van der Waals surface area (Å²) in [4.78, 5) is 15.7. The van der Waals surface area contributed by atoms with Gasteiger partial charge in [-0.1, -0.05) is 22.0 Å². The number of pyridine rings is 1. The van der Waals surface area contributed by atoms with E-state index >= 15 is 0 Å². The Bertz CT molecular complexity index is 619. The quantitative estimate of drug-likeness (QED) is 0.940. The molecular weight excluding hydrogens is 318 g/mol. The highest BCUT2D eigenvalue weighted by atomic mass is 79.9.